The van der Waals surface area contributed by atoms with Crippen LogP contribution in [0.2, 0.25) is 0 Å². The highest BCUT2D eigenvalue weighted by atomic mass is 32.2. The Kier molecular flexibility index (Phi) is 15.5. The number of aromatic nitrogens is 2. The van der Waals surface area contributed by atoms with Crippen LogP contribution in [-0.4, -0.2) is 22.7 Å². The number of fused-ring (bicyclic) bond motifs is 6. The molecule has 0 fully saturated rings. The molecule has 4 heterocycles. The van der Waals surface area contributed by atoms with Crippen LogP contribution < -0.4 is 30.3 Å². The average molecular weight is 1120 g/mol. The Balaban J connectivity index is 0.000000154. The number of unbranched alkanes of at least 4 members (excludes halogenated alkanes) is 4. The molecule has 2 aliphatic carbocycles. The molecule has 2 aliphatic heterocycles. The van der Waals surface area contributed by atoms with E-state index in [2.05, 4.69) is 175 Å². The van der Waals surface area contributed by atoms with Crippen LogP contribution in [0.3, 0.4) is 0 Å². The second-order valence-corrected chi connectivity index (χ2v) is 23.7. The molecule has 0 amide bonds. The smallest absolute Gasteiger partial charge is 0.263 e. The summed E-state index contributed by atoms with van der Waals surface area (Å²) in [6.07, 6.45) is 16.2. The van der Waals surface area contributed by atoms with Crippen LogP contribution in [0.5, 0.6) is 0 Å². The Morgan fingerprint density at radius 2 is 1.18 bits per heavy atom. The van der Waals surface area contributed by atoms with E-state index in [-0.39, 0.29) is 51.4 Å². The van der Waals surface area contributed by atoms with E-state index < -0.39 is 0 Å². The molecule has 412 valence electrons. The van der Waals surface area contributed by atoms with Gasteiger partial charge in [-0.2, -0.15) is 4.57 Å². The highest BCUT2D eigenvalue weighted by molar-refractivity contribution is 8.04. The maximum Gasteiger partial charge on any atom is 0.263 e. The highest BCUT2D eigenvalue weighted by Crippen LogP contribution is 2.51. The Morgan fingerprint density at radius 3 is 1.91 bits per heavy atom. The number of thiazole rings is 1. The molecule has 10 aromatic rings. The van der Waals surface area contributed by atoms with E-state index in [1.165, 1.54) is 54.8 Å². The number of benzene rings is 8. The summed E-state index contributed by atoms with van der Waals surface area (Å²) in [6, 6.07) is 50.2. The maximum atomic E-state index is 13.5. The van der Waals surface area contributed by atoms with Gasteiger partial charge >= 0.3 is 0 Å². The molecule has 1 N–H and O–H groups in total. The molecule has 0 saturated carbocycles. The van der Waals surface area contributed by atoms with Gasteiger partial charge in [-0.05, 0) is 87.8 Å². The van der Waals surface area contributed by atoms with Crippen molar-refractivity contribution in [1.82, 2.24) is 4.57 Å². The first-order chi connectivity index (χ1) is 40.2. The zero-order valence-electron chi connectivity index (χ0n) is 47.3. The molecule has 2 aromatic heterocycles. The van der Waals surface area contributed by atoms with Crippen molar-refractivity contribution in [3.63, 3.8) is 0 Å². The van der Waals surface area contributed by atoms with Crippen LogP contribution in [0.1, 0.15) is 103 Å². The number of carbonyl (C=O) groups is 2. The molecule has 0 radical (unpaired) electrons. The molecule has 0 bridgehead atoms. The lowest BCUT2D eigenvalue weighted by molar-refractivity contribution is -0.669. The van der Waals surface area contributed by atoms with Gasteiger partial charge in [0.15, 0.2) is 18.1 Å². The first-order valence-electron chi connectivity index (χ1n) is 29.3. The van der Waals surface area contributed by atoms with Gasteiger partial charge in [0.05, 0.1) is 16.8 Å². The fraction of sp³-hybridized carbons (Fsp3) is 0.236. The largest absolute Gasteiger partial charge is 0.871 e. The molecule has 8 aromatic carbocycles. The van der Waals surface area contributed by atoms with Gasteiger partial charge in [-0.3, -0.25) is 9.59 Å². The van der Waals surface area contributed by atoms with Gasteiger partial charge in [-0.1, -0.05) is 217 Å². The Labute approximate surface area is 487 Å². The zero-order valence-corrected chi connectivity index (χ0v) is 48.9. The third-order valence-electron chi connectivity index (χ3n) is 16.4. The number of carbonyl (C=O) groups excluding carboxylic acids is 2. The monoisotopic (exact) mass is 1120 g/mol. The lowest BCUT2D eigenvalue weighted by atomic mass is 9.85. The normalized spacial score (nSPS) is 17.2. The van der Waals surface area contributed by atoms with Gasteiger partial charge in [0, 0.05) is 96.9 Å². The summed E-state index contributed by atoms with van der Waals surface area (Å²) in [7, 11) is 0. The Hall–Kier alpha value is -8.18. The number of aryl methyl sites for hydroxylation is 2. The van der Waals surface area contributed by atoms with Crippen LogP contribution in [-0.2, 0) is 22.7 Å². The van der Waals surface area contributed by atoms with Crippen molar-refractivity contribution in [3.8, 4) is 0 Å². The topological polar surface area (TPSA) is 104 Å². The zero-order chi connectivity index (χ0) is 56.6. The lowest BCUT2D eigenvalue weighted by Crippen LogP contribution is -2.36. The minimum atomic E-state index is -0.186. The van der Waals surface area contributed by atoms with Crippen molar-refractivity contribution in [2.24, 2.45) is 0 Å². The third-order valence-corrected chi connectivity index (χ3v) is 18.7. The summed E-state index contributed by atoms with van der Waals surface area (Å²) in [5.41, 5.74) is 6.73. The first-order valence-corrected chi connectivity index (χ1v) is 31.0. The van der Waals surface area contributed by atoms with Gasteiger partial charge < -0.3 is 25.0 Å². The van der Waals surface area contributed by atoms with Crippen LogP contribution in [0.15, 0.2) is 201 Å². The lowest BCUT2D eigenvalue weighted by Gasteiger charge is -2.29. The molecule has 82 heavy (non-hydrogen) atoms. The molecule has 4 aliphatic rings. The molecular weight excluding hydrogens is 1050 g/mol. The number of allylic oxidation sites excluding steroid dienone is 5. The van der Waals surface area contributed by atoms with E-state index in [9.17, 15) is 19.8 Å². The molecule has 10 heteroatoms. The van der Waals surface area contributed by atoms with E-state index in [4.69, 9.17) is 0 Å². The fourth-order valence-electron chi connectivity index (χ4n) is 11.8. The average Bonchev–Trinajstić information content (AvgIpc) is 4.47. The van der Waals surface area contributed by atoms with Gasteiger partial charge in [0.25, 0.3) is 5.01 Å². The van der Waals surface area contributed by atoms with Gasteiger partial charge in [-0.25, -0.2) is 0 Å². The fourth-order valence-corrected chi connectivity index (χ4v) is 14.3. The van der Waals surface area contributed by atoms with Crippen LogP contribution in [0, 0.1) is 0 Å². The standard InChI is InChI=1S/C36H32N2O2S2.C32H26N2O2.C4H10/c1-3-5-19-37-29-17-15-23-11-7-9-13-25(23)35(29)41-31(37)21-27-33(39)28(34(27)40)22-32-38(20-6-4-2)30-18-16-24-12-8-10-14-26(24)36(30)42-32;1-2-3-16-34-27-15-7-11-20-9-5-13-22(30(20)27)28(34)18-24-31(35)23(32(24)36)17-26-21-12-4-8-19-10-6-14-25(33-26)29(19)21;1-3-4-2/h7-18,21-22H,3-6,19-20H2,1-2H3;4-15,17-18,26,33,35H,2-3,16H2,1H3;3-4H2,1-2H3/p-1/b;23-17?,28-18+;. The molecular formula is C72H67N4O4S2-. The van der Waals surface area contributed by atoms with Gasteiger partial charge in [0.2, 0.25) is 5.52 Å². The molecule has 1 unspecified atom stereocenters. The molecule has 1 atom stereocenters. The van der Waals surface area contributed by atoms with E-state index in [0.29, 0.717) is 0 Å². The second-order valence-electron chi connectivity index (χ2n) is 21.7. The number of thioether (sulfide) groups is 1. The number of nitrogens with one attached hydrogen (secondary N) is 1. The molecule has 8 nitrogen and oxygen atoms in total. The predicted octanol–water partition coefficient (Wildman–Crippen LogP) is 15.5. The van der Waals surface area contributed by atoms with Gasteiger partial charge in [0.1, 0.15) is 4.70 Å². The molecule has 14 rings (SSSR count). The van der Waals surface area contributed by atoms with Crippen LogP contribution in [0.4, 0.5) is 11.4 Å². The summed E-state index contributed by atoms with van der Waals surface area (Å²) >= 11 is 3.33. The summed E-state index contributed by atoms with van der Waals surface area (Å²) in [5.74, 6) is -0.658. The molecule has 0 spiro atoms. The van der Waals surface area contributed by atoms with Crippen LogP contribution >= 0.6 is 23.1 Å². The van der Waals surface area contributed by atoms with Crippen molar-refractivity contribution in [2.45, 2.75) is 110 Å². The summed E-state index contributed by atoms with van der Waals surface area (Å²) in [6.45, 7) is 13.5. The van der Waals surface area contributed by atoms with E-state index >= 15 is 0 Å². The Bertz CT molecular complexity index is 4400. The van der Waals surface area contributed by atoms with E-state index in [1.54, 1.807) is 29.2 Å². The number of hydrogen-bond donors (Lipinski definition) is 1. The number of rotatable bonds is 14. The van der Waals surface area contributed by atoms with E-state index in [1.807, 2.05) is 42.5 Å². The van der Waals surface area contributed by atoms with Crippen molar-refractivity contribution >= 4 is 122 Å². The van der Waals surface area contributed by atoms with Crippen molar-refractivity contribution in [2.75, 3.05) is 16.8 Å². The maximum absolute atomic E-state index is 13.5. The third kappa shape index (κ3) is 9.69. The second kappa shape index (κ2) is 23.4. The highest BCUT2D eigenvalue weighted by Gasteiger charge is 2.34. The quantitative estimate of drug-likeness (QED) is 0.0854. The predicted molar refractivity (Wildman–Crippen MR) is 340 cm³/mol. The minimum absolute atomic E-state index is 0.159. The Morgan fingerprint density at radius 1 is 0.573 bits per heavy atom. The first kappa shape index (κ1) is 54.4. The SMILES string of the molecule is CCCC.CCCCN1/C(=C/C2=C([O-])C(=C/c3sc4c5ccccc5ccc4[n+]3CCCC)/C2=O)Sc2c1ccc1ccccc21.CCCCn1/c(=C/C2=C([O-])C(=CC3Nc4cccc5cccc3c45)C2=O)c2cccc3cccc1c32. The van der Waals surface area contributed by atoms with Gasteiger partial charge in [-0.15, -0.1) is 0 Å². The summed E-state index contributed by atoms with van der Waals surface area (Å²) in [4.78, 5) is 30.3. The summed E-state index contributed by atoms with van der Waals surface area (Å²) < 4.78 is 5.74. The van der Waals surface area contributed by atoms with Crippen molar-refractivity contribution in [3.05, 3.63) is 213 Å². The number of hydrogen-bond acceptors (Lipinski definition) is 8. The number of ketones is 2. The molecule has 0 saturated heterocycles. The minimum Gasteiger partial charge on any atom is -0.871 e. The number of Topliss-reactive ketones (excluding diaryl/α,β-unsaturated/α-hetero) is 2. The van der Waals surface area contributed by atoms with Crippen molar-refractivity contribution < 1.29 is 24.4 Å². The van der Waals surface area contributed by atoms with Crippen molar-refractivity contribution in [1.29, 1.82) is 0 Å². The number of anilines is 2. The summed E-state index contributed by atoms with van der Waals surface area (Å²) in [5, 5.41) is 43.7. The van der Waals surface area contributed by atoms with Crippen LogP contribution in [0.25, 0.3) is 76.4 Å². The van der Waals surface area contributed by atoms with E-state index in [0.717, 1.165) is 118 Å². The number of nitrogens with zero attached hydrogens (tertiary/aromatic N) is 3.